The predicted octanol–water partition coefficient (Wildman–Crippen LogP) is 1.93. The van der Waals surface area contributed by atoms with Crippen molar-refractivity contribution in [2.24, 2.45) is 0 Å². The van der Waals surface area contributed by atoms with Crippen LogP contribution < -0.4 is 4.90 Å². The van der Waals surface area contributed by atoms with E-state index in [9.17, 15) is 0 Å². The van der Waals surface area contributed by atoms with Gasteiger partial charge in [-0.1, -0.05) is 0 Å². The van der Waals surface area contributed by atoms with Crippen molar-refractivity contribution in [2.45, 2.75) is 18.8 Å². The van der Waals surface area contributed by atoms with Crippen molar-refractivity contribution < 1.29 is 0 Å². The lowest BCUT2D eigenvalue weighted by Crippen LogP contribution is -2.17. The third-order valence-electron chi connectivity index (χ3n) is 2.40. The van der Waals surface area contributed by atoms with E-state index in [0.29, 0.717) is 5.92 Å². The van der Waals surface area contributed by atoms with E-state index >= 15 is 0 Å². The Balaban J connectivity index is 1.79. The highest BCUT2D eigenvalue weighted by Gasteiger charge is 2.28. The van der Waals surface area contributed by atoms with Crippen LogP contribution in [-0.4, -0.2) is 27.5 Å². The van der Waals surface area contributed by atoms with E-state index in [4.69, 9.17) is 0 Å². The van der Waals surface area contributed by atoms with Crippen LogP contribution in [-0.2, 0) is 0 Å². The average molecular weight is 213 g/mol. The fourth-order valence-corrected chi connectivity index (χ4v) is 3.23. The normalized spacial score (nSPS) is 22.6. The molecule has 1 aliphatic heterocycles. The van der Waals surface area contributed by atoms with E-state index in [2.05, 4.69) is 14.3 Å². The smallest absolute Gasteiger partial charge is 0.205 e. The molecule has 1 saturated carbocycles. The topological polar surface area (TPSA) is 29.0 Å². The van der Waals surface area contributed by atoms with Gasteiger partial charge in [0.05, 0.1) is 5.88 Å². The first-order valence-electron chi connectivity index (χ1n) is 4.60. The molecule has 3 rings (SSSR count). The lowest BCUT2D eigenvalue weighted by Gasteiger charge is -2.09. The number of rotatable bonds is 2. The van der Waals surface area contributed by atoms with Crippen LogP contribution >= 0.6 is 23.3 Å². The zero-order valence-electron chi connectivity index (χ0n) is 7.27. The number of nitrogens with zero attached hydrogens (tertiary/aromatic N) is 3. The summed E-state index contributed by atoms with van der Waals surface area (Å²) >= 11 is 3.54. The first kappa shape index (κ1) is 8.05. The largest absolute Gasteiger partial charge is 0.337 e. The lowest BCUT2D eigenvalue weighted by molar-refractivity contribution is 0.937. The maximum Gasteiger partial charge on any atom is 0.205 e. The lowest BCUT2D eigenvalue weighted by atomic mass is 10.4. The minimum Gasteiger partial charge on any atom is -0.337 e. The van der Waals surface area contributed by atoms with E-state index in [1.165, 1.54) is 18.6 Å². The molecule has 70 valence electrons. The summed E-state index contributed by atoms with van der Waals surface area (Å²) in [5.41, 5.74) is 0. The molecule has 13 heavy (non-hydrogen) atoms. The first-order valence-corrected chi connectivity index (χ1v) is 6.52. The van der Waals surface area contributed by atoms with Gasteiger partial charge in [-0.3, -0.25) is 0 Å². The second-order valence-electron chi connectivity index (χ2n) is 3.51. The van der Waals surface area contributed by atoms with Gasteiger partial charge in [0.15, 0.2) is 0 Å². The first-order chi connectivity index (χ1) is 6.43. The Bertz CT molecular complexity index is 302. The third kappa shape index (κ3) is 1.55. The third-order valence-corrected chi connectivity index (χ3v) is 4.15. The fraction of sp³-hybridized carbons (Fsp3) is 0.750. The van der Waals surface area contributed by atoms with Crippen molar-refractivity contribution >= 4 is 28.4 Å². The summed E-state index contributed by atoms with van der Waals surface area (Å²) in [6, 6.07) is 0. The van der Waals surface area contributed by atoms with Crippen LogP contribution in [0.1, 0.15) is 24.6 Å². The maximum atomic E-state index is 4.57. The molecule has 2 heterocycles. The van der Waals surface area contributed by atoms with Gasteiger partial charge in [-0.2, -0.15) is 4.37 Å². The Hall–Kier alpha value is -0.290. The van der Waals surface area contributed by atoms with Crippen LogP contribution in [0.2, 0.25) is 0 Å². The summed E-state index contributed by atoms with van der Waals surface area (Å²) in [6.45, 7) is 1.14. The van der Waals surface area contributed by atoms with Gasteiger partial charge in [0.1, 0.15) is 5.82 Å². The second-order valence-corrected chi connectivity index (χ2v) is 5.32. The van der Waals surface area contributed by atoms with Gasteiger partial charge < -0.3 is 4.90 Å². The SMILES string of the molecule is C1CN(c2nc(C3CC3)ns2)CS1. The summed E-state index contributed by atoms with van der Waals surface area (Å²) in [6.07, 6.45) is 2.59. The van der Waals surface area contributed by atoms with Crippen LogP contribution in [0.25, 0.3) is 0 Å². The molecule has 2 fully saturated rings. The van der Waals surface area contributed by atoms with Crippen molar-refractivity contribution in [1.29, 1.82) is 0 Å². The zero-order valence-corrected chi connectivity index (χ0v) is 8.90. The Kier molecular flexibility index (Phi) is 1.94. The van der Waals surface area contributed by atoms with E-state index in [1.807, 2.05) is 11.8 Å². The van der Waals surface area contributed by atoms with Gasteiger partial charge in [-0.25, -0.2) is 4.98 Å². The Morgan fingerprint density at radius 2 is 2.31 bits per heavy atom. The molecule has 1 aromatic rings. The van der Waals surface area contributed by atoms with Crippen LogP contribution in [0.15, 0.2) is 0 Å². The number of thioether (sulfide) groups is 1. The fourth-order valence-electron chi connectivity index (χ4n) is 1.43. The number of hydrogen-bond donors (Lipinski definition) is 0. The minimum absolute atomic E-state index is 0.695. The predicted molar refractivity (Wildman–Crippen MR) is 56.6 cm³/mol. The molecule has 1 saturated heterocycles. The molecular formula is C8H11N3S2. The van der Waals surface area contributed by atoms with Crippen molar-refractivity contribution in [3.8, 4) is 0 Å². The number of anilines is 1. The molecule has 0 atom stereocenters. The Morgan fingerprint density at radius 1 is 1.38 bits per heavy atom. The molecule has 1 aromatic heterocycles. The molecule has 0 unspecified atom stereocenters. The molecule has 0 bridgehead atoms. The minimum atomic E-state index is 0.695. The number of aromatic nitrogens is 2. The Morgan fingerprint density at radius 3 is 3.00 bits per heavy atom. The molecule has 5 heteroatoms. The van der Waals surface area contributed by atoms with E-state index in [1.54, 1.807) is 11.5 Å². The molecule has 0 radical (unpaired) electrons. The number of hydrogen-bond acceptors (Lipinski definition) is 5. The summed E-state index contributed by atoms with van der Waals surface area (Å²) in [5, 5.41) is 1.13. The highest BCUT2D eigenvalue weighted by Crippen LogP contribution is 2.40. The van der Waals surface area contributed by atoms with Crippen LogP contribution in [0, 0.1) is 0 Å². The van der Waals surface area contributed by atoms with Crippen LogP contribution in [0.3, 0.4) is 0 Å². The summed E-state index contributed by atoms with van der Waals surface area (Å²) in [7, 11) is 0. The van der Waals surface area contributed by atoms with E-state index < -0.39 is 0 Å². The van der Waals surface area contributed by atoms with Gasteiger partial charge in [0, 0.05) is 29.7 Å². The molecular weight excluding hydrogens is 202 g/mol. The maximum absolute atomic E-state index is 4.57. The molecule has 0 spiro atoms. The Labute approximate surface area is 85.7 Å². The molecule has 0 N–H and O–H groups in total. The molecule has 3 nitrogen and oxygen atoms in total. The van der Waals surface area contributed by atoms with Crippen molar-refractivity contribution in [2.75, 3.05) is 23.1 Å². The standard InChI is InChI=1S/C8H11N3S2/c1-2-6(1)7-9-8(13-10-7)11-3-4-12-5-11/h6H,1-5H2. The summed E-state index contributed by atoms with van der Waals surface area (Å²) < 4.78 is 4.40. The van der Waals surface area contributed by atoms with Crippen molar-refractivity contribution in [1.82, 2.24) is 9.36 Å². The van der Waals surface area contributed by atoms with Crippen LogP contribution in [0.5, 0.6) is 0 Å². The van der Waals surface area contributed by atoms with E-state index in [-0.39, 0.29) is 0 Å². The highest BCUT2D eigenvalue weighted by atomic mass is 32.2. The quantitative estimate of drug-likeness (QED) is 0.750. The highest BCUT2D eigenvalue weighted by molar-refractivity contribution is 7.99. The summed E-state index contributed by atoms with van der Waals surface area (Å²) in [4.78, 5) is 6.90. The van der Waals surface area contributed by atoms with E-state index in [0.717, 1.165) is 23.4 Å². The van der Waals surface area contributed by atoms with Gasteiger partial charge >= 0.3 is 0 Å². The second kappa shape index (κ2) is 3.13. The van der Waals surface area contributed by atoms with Crippen LogP contribution in [0.4, 0.5) is 5.13 Å². The average Bonchev–Trinajstić information content (AvgIpc) is 2.72. The van der Waals surface area contributed by atoms with Gasteiger partial charge in [-0.05, 0) is 12.8 Å². The molecule has 1 aliphatic carbocycles. The molecule has 2 aliphatic rings. The molecule has 0 aromatic carbocycles. The van der Waals surface area contributed by atoms with Crippen molar-refractivity contribution in [3.63, 3.8) is 0 Å². The van der Waals surface area contributed by atoms with Crippen molar-refractivity contribution in [3.05, 3.63) is 5.82 Å². The summed E-state index contributed by atoms with van der Waals surface area (Å²) in [5.74, 6) is 4.12. The monoisotopic (exact) mass is 213 g/mol. The molecule has 0 amide bonds. The zero-order chi connectivity index (χ0) is 8.67. The van der Waals surface area contributed by atoms with Gasteiger partial charge in [-0.15, -0.1) is 11.8 Å². The van der Waals surface area contributed by atoms with Gasteiger partial charge in [0.2, 0.25) is 5.13 Å². The van der Waals surface area contributed by atoms with Gasteiger partial charge in [0.25, 0.3) is 0 Å².